The summed E-state index contributed by atoms with van der Waals surface area (Å²) in [5, 5.41) is 4.31. The lowest BCUT2D eigenvalue weighted by molar-refractivity contribution is 0.336. The molecular formula is C17H14Cl2FN3O3S. The highest BCUT2D eigenvalue weighted by Crippen LogP contribution is 2.26. The molecule has 27 heavy (non-hydrogen) atoms. The minimum Gasteiger partial charge on any atom is -0.338 e. The minimum absolute atomic E-state index is 0.0470. The third-order valence-electron chi connectivity index (χ3n) is 3.80. The van der Waals surface area contributed by atoms with Gasteiger partial charge >= 0.3 is 0 Å². The van der Waals surface area contributed by atoms with Gasteiger partial charge in [-0.1, -0.05) is 46.6 Å². The summed E-state index contributed by atoms with van der Waals surface area (Å²) in [4.78, 5) is 4.17. The molecule has 0 spiro atoms. The molecule has 0 aliphatic rings. The molecule has 0 bridgehead atoms. The first-order valence-electron chi connectivity index (χ1n) is 7.72. The van der Waals surface area contributed by atoms with Gasteiger partial charge in [0.05, 0.1) is 17.3 Å². The average molecular weight is 430 g/mol. The highest BCUT2D eigenvalue weighted by Gasteiger charge is 2.24. The van der Waals surface area contributed by atoms with Crippen LogP contribution >= 0.6 is 23.2 Å². The molecule has 0 atom stereocenters. The first kappa shape index (κ1) is 19.8. The van der Waals surface area contributed by atoms with Gasteiger partial charge in [0.1, 0.15) is 5.82 Å². The highest BCUT2D eigenvalue weighted by molar-refractivity contribution is 7.88. The van der Waals surface area contributed by atoms with Gasteiger partial charge in [-0.25, -0.2) is 12.8 Å². The van der Waals surface area contributed by atoms with Crippen LogP contribution in [0, 0.1) is 5.82 Å². The fourth-order valence-corrected chi connectivity index (χ4v) is 4.04. The van der Waals surface area contributed by atoms with Crippen LogP contribution in [0.4, 0.5) is 4.39 Å². The summed E-state index contributed by atoms with van der Waals surface area (Å²) in [6.07, 6.45) is 0. The van der Waals surface area contributed by atoms with Gasteiger partial charge in [0.25, 0.3) is 0 Å². The Morgan fingerprint density at radius 2 is 1.81 bits per heavy atom. The van der Waals surface area contributed by atoms with Crippen LogP contribution in [-0.2, 0) is 22.3 Å². The molecule has 0 unspecified atom stereocenters. The first-order valence-corrected chi connectivity index (χ1v) is 10.1. The van der Waals surface area contributed by atoms with Crippen LogP contribution in [0.3, 0.4) is 0 Å². The molecule has 2 aromatic carbocycles. The fourth-order valence-electron chi connectivity index (χ4n) is 2.32. The smallest absolute Gasteiger partial charge is 0.242 e. The molecule has 142 valence electrons. The Morgan fingerprint density at radius 1 is 1.11 bits per heavy atom. The zero-order chi connectivity index (χ0) is 19.6. The molecule has 0 aliphatic heterocycles. The van der Waals surface area contributed by atoms with Crippen molar-refractivity contribution in [2.24, 2.45) is 0 Å². The number of hydrogen-bond acceptors (Lipinski definition) is 5. The van der Waals surface area contributed by atoms with Crippen molar-refractivity contribution in [1.29, 1.82) is 0 Å². The van der Waals surface area contributed by atoms with Crippen molar-refractivity contribution in [3.05, 3.63) is 69.8 Å². The molecule has 0 fully saturated rings. The molecule has 1 heterocycles. The fraction of sp³-hybridized carbons (Fsp3) is 0.176. The van der Waals surface area contributed by atoms with E-state index in [9.17, 15) is 12.8 Å². The number of nitrogens with zero attached hydrogens (tertiary/aromatic N) is 3. The summed E-state index contributed by atoms with van der Waals surface area (Å²) in [7, 11) is -2.53. The second-order valence-electron chi connectivity index (χ2n) is 5.70. The molecular weight excluding hydrogens is 416 g/mol. The second-order valence-corrected chi connectivity index (χ2v) is 8.59. The molecule has 0 radical (unpaired) electrons. The van der Waals surface area contributed by atoms with E-state index in [1.165, 1.54) is 19.2 Å². The Bertz CT molecular complexity index is 1050. The lowest BCUT2D eigenvalue weighted by Crippen LogP contribution is -2.28. The van der Waals surface area contributed by atoms with E-state index in [0.717, 1.165) is 10.4 Å². The lowest BCUT2D eigenvalue weighted by atomic mass is 10.2. The van der Waals surface area contributed by atoms with Crippen molar-refractivity contribution in [2.75, 3.05) is 7.05 Å². The van der Waals surface area contributed by atoms with Crippen molar-refractivity contribution < 1.29 is 17.3 Å². The van der Waals surface area contributed by atoms with Crippen molar-refractivity contribution in [3.8, 4) is 11.4 Å². The Hall–Kier alpha value is -2.00. The molecule has 0 aliphatic carbocycles. The van der Waals surface area contributed by atoms with E-state index in [4.69, 9.17) is 27.7 Å². The van der Waals surface area contributed by atoms with E-state index in [1.54, 1.807) is 24.3 Å². The third-order valence-corrected chi connectivity index (χ3v) is 6.22. The van der Waals surface area contributed by atoms with Crippen molar-refractivity contribution in [3.63, 3.8) is 0 Å². The van der Waals surface area contributed by atoms with Gasteiger partial charge in [0, 0.05) is 23.2 Å². The zero-order valence-electron chi connectivity index (χ0n) is 14.1. The number of rotatable bonds is 6. The van der Waals surface area contributed by atoms with Gasteiger partial charge in [-0.3, -0.25) is 0 Å². The maximum atomic E-state index is 13.9. The van der Waals surface area contributed by atoms with E-state index < -0.39 is 21.6 Å². The monoisotopic (exact) mass is 429 g/mol. The number of aromatic nitrogens is 2. The third kappa shape index (κ3) is 4.47. The summed E-state index contributed by atoms with van der Waals surface area (Å²) in [5.74, 6) is -0.937. The predicted molar refractivity (Wildman–Crippen MR) is 100 cm³/mol. The Kier molecular flexibility index (Phi) is 5.81. The molecule has 6 nitrogen and oxygen atoms in total. The zero-order valence-corrected chi connectivity index (χ0v) is 16.4. The van der Waals surface area contributed by atoms with Gasteiger partial charge in [0.15, 0.2) is 0 Å². The van der Waals surface area contributed by atoms with Crippen molar-refractivity contribution in [1.82, 2.24) is 14.4 Å². The Balaban J connectivity index is 1.77. The summed E-state index contributed by atoms with van der Waals surface area (Å²) >= 11 is 12.0. The Labute approximate surface area is 165 Å². The first-order chi connectivity index (χ1) is 12.8. The number of halogens is 3. The number of benzene rings is 2. The standard InChI is InChI=1S/C17H14Cl2FN3O3S/c1-23(27(24,25)10-12-14(19)7-4-8-15(12)20)9-16-21-17(22-26-16)11-5-2-3-6-13(11)18/h2-8H,9-10H2,1H3. The average Bonchev–Trinajstić information content (AvgIpc) is 3.07. The van der Waals surface area contributed by atoms with Crippen molar-refractivity contribution in [2.45, 2.75) is 12.3 Å². The maximum Gasteiger partial charge on any atom is 0.242 e. The van der Waals surface area contributed by atoms with Crippen LogP contribution in [0.5, 0.6) is 0 Å². The van der Waals surface area contributed by atoms with E-state index in [2.05, 4.69) is 10.1 Å². The van der Waals surface area contributed by atoms with E-state index in [1.807, 2.05) is 0 Å². The van der Waals surface area contributed by atoms with Crippen LogP contribution in [0.15, 0.2) is 47.0 Å². The molecule has 10 heteroatoms. The molecule has 0 N–H and O–H groups in total. The largest absolute Gasteiger partial charge is 0.338 e. The molecule has 0 saturated heterocycles. The molecule has 0 saturated carbocycles. The van der Waals surface area contributed by atoms with E-state index in [-0.39, 0.29) is 28.8 Å². The highest BCUT2D eigenvalue weighted by atomic mass is 35.5. The van der Waals surface area contributed by atoms with Gasteiger partial charge in [-0.15, -0.1) is 0 Å². The summed E-state index contributed by atoms with van der Waals surface area (Å²) in [6, 6.07) is 10.9. The van der Waals surface area contributed by atoms with Gasteiger partial charge < -0.3 is 4.52 Å². The molecule has 3 rings (SSSR count). The van der Waals surface area contributed by atoms with Crippen molar-refractivity contribution >= 4 is 33.2 Å². The topological polar surface area (TPSA) is 76.3 Å². The van der Waals surface area contributed by atoms with Crippen LogP contribution in [-0.4, -0.2) is 29.9 Å². The van der Waals surface area contributed by atoms with Crippen LogP contribution < -0.4 is 0 Å². The summed E-state index contributed by atoms with van der Waals surface area (Å²) in [5.41, 5.74) is 0.478. The second kappa shape index (κ2) is 7.93. The van der Waals surface area contributed by atoms with Crippen LogP contribution in [0.1, 0.15) is 11.5 Å². The van der Waals surface area contributed by atoms with E-state index >= 15 is 0 Å². The van der Waals surface area contributed by atoms with Gasteiger partial charge in [-0.05, 0) is 24.3 Å². The Morgan fingerprint density at radius 3 is 2.52 bits per heavy atom. The quantitative estimate of drug-likeness (QED) is 0.588. The van der Waals surface area contributed by atoms with Gasteiger partial charge in [0.2, 0.25) is 21.7 Å². The summed E-state index contributed by atoms with van der Waals surface area (Å²) in [6.45, 7) is -0.175. The van der Waals surface area contributed by atoms with E-state index in [0.29, 0.717) is 10.6 Å². The lowest BCUT2D eigenvalue weighted by Gasteiger charge is -2.16. The van der Waals surface area contributed by atoms with Crippen LogP contribution in [0.2, 0.25) is 10.0 Å². The predicted octanol–water partition coefficient (Wildman–Crippen LogP) is 4.14. The SMILES string of the molecule is CN(Cc1nc(-c2ccccc2Cl)no1)S(=O)(=O)Cc1c(F)cccc1Cl. The minimum atomic E-state index is -3.87. The summed E-state index contributed by atoms with van der Waals surface area (Å²) < 4.78 is 45.0. The normalized spacial score (nSPS) is 11.9. The molecule has 0 amide bonds. The maximum absolute atomic E-state index is 13.9. The van der Waals surface area contributed by atoms with Crippen LogP contribution in [0.25, 0.3) is 11.4 Å². The number of hydrogen-bond donors (Lipinski definition) is 0. The number of sulfonamides is 1. The van der Waals surface area contributed by atoms with Gasteiger partial charge in [-0.2, -0.15) is 9.29 Å². The molecule has 1 aromatic heterocycles. The molecule has 3 aromatic rings.